The maximum Gasteiger partial charge on any atom is 0.229 e. The van der Waals surface area contributed by atoms with Crippen LogP contribution in [0.25, 0.3) is 6.08 Å². The third kappa shape index (κ3) is 6.70. The lowest BCUT2D eigenvalue weighted by atomic mass is 9.97. The van der Waals surface area contributed by atoms with Crippen LogP contribution in [0.4, 0.5) is 5.69 Å². The van der Waals surface area contributed by atoms with Gasteiger partial charge in [-0.25, -0.2) is 0 Å². The Labute approximate surface area is 224 Å². The van der Waals surface area contributed by atoms with E-state index < -0.39 is 74.6 Å². The lowest BCUT2D eigenvalue weighted by molar-refractivity contribution is -0.352. The van der Waals surface area contributed by atoms with Crippen LogP contribution in [0.15, 0.2) is 60.1 Å². The molecule has 2 aromatic rings. The lowest BCUT2D eigenvalue weighted by Crippen LogP contribution is -2.65. The molecule has 212 valence electrons. The summed E-state index contributed by atoms with van der Waals surface area (Å²) >= 11 is 0. The van der Waals surface area contributed by atoms with Gasteiger partial charge in [-0.2, -0.15) is 0 Å². The third-order valence-electron chi connectivity index (χ3n) is 6.58. The molecule has 0 spiro atoms. The van der Waals surface area contributed by atoms with Gasteiger partial charge in [0.25, 0.3) is 0 Å². The number of nitrogens with zero attached hydrogens (tertiary/aromatic N) is 1. The monoisotopic (exact) mass is 547 g/mol. The van der Waals surface area contributed by atoms with E-state index in [2.05, 4.69) is 11.6 Å². The predicted octanol–water partition coefficient (Wildman–Crippen LogP) is -0.917. The van der Waals surface area contributed by atoms with E-state index in [1.165, 1.54) is 0 Å². The highest BCUT2D eigenvalue weighted by atomic mass is 16.7. The molecular formula is C27H33NO11. The molecule has 12 nitrogen and oxygen atoms in total. The summed E-state index contributed by atoms with van der Waals surface area (Å²) in [6.07, 6.45) is -11.8. The van der Waals surface area contributed by atoms with E-state index in [0.717, 1.165) is 11.1 Å². The zero-order valence-corrected chi connectivity index (χ0v) is 20.9. The second-order valence-electron chi connectivity index (χ2n) is 9.25. The quantitative estimate of drug-likeness (QED) is 0.192. The van der Waals surface area contributed by atoms with Crippen LogP contribution in [0.2, 0.25) is 0 Å². The van der Waals surface area contributed by atoms with Crippen LogP contribution in [0, 0.1) is 0 Å². The van der Waals surface area contributed by atoms with E-state index in [9.17, 15) is 35.7 Å². The van der Waals surface area contributed by atoms with Crippen LogP contribution in [-0.2, 0) is 14.2 Å². The Morgan fingerprint density at radius 1 is 0.718 bits per heavy atom. The van der Waals surface area contributed by atoms with Gasteiger partial charge < -0.3 is 54.7 Å². The predicted molar refractivity (Wildman–Crippen MR) is 137 cm³/mol. The number of benzene rings is 2. The minimum absolute atomic E-state index is 0.297. The molecule has 0 bridgehead atoms. The van der Waals surface area contributed by atoms with Crippen molar-refractivity contribution in [3.8, 4) is 5.75 Å². The van der Waals surface area contributed by atoms with Crippen molar-refractivity contribution >= 4 is 18.0 Å². The maximum absolute atomic E-state index is 10.7. The molecule has 2 saturated heterocycles. The van der Waals surface area contributed by atoms with Crippen molar-refractivity contribution in [2.45, 2.75) is 61.4 Å². The minimum atomic E-state index is -1.74. The van der Waals surface area contributed by atoms with Gasteiger partial charge >= 0.3 is 0 Å². The number of aliphatic hydroxyl groups excluding tert-OH is 7. The summed E-state index contributed by atoms with van der Waals surface area (Å²) < 4.78 is 22.2. The molecule has 2 aromatic carbocycles. The molecule has 7 N–H and O–H groups in total. The van der Waals surface area contributed by atoms with E-state index in [1.54, 1.807) is 36.6 Å². The van der Waals surface area contributed by atoms with E-state index in [0.29, 0.717) is 11.4 Å². The Hall–Kier alpha value is -2.75. The van der Waals surface area contributed by atoms with Crippen molar-refractivity contribution in [1.29, 1.82) is 0 Å². The second-order valence-corrected chi connectivity index (χ2v) is 9.25. The number of rotatable bonds is 9. The van der Waals surface area contributed by atoms with Gasteiger partial charge in [0.1, 0.15) is 54.6 Å². The van der Waals surface area contributed by atoms with Gasteiger partial charge in [-0.1, -0.05) is 36.9 Å². The standard InChI is InChI=1S/C27H33NO11/c1-2-14-3-5-15(6-4-14)11-28-16-7-9-17(10-8-16)36-26-24(35)22(33)25(19(13-30)38-26)39-27-23(34)21(32)20(31)18(12-29)37-27/h2-11,18-27,29-35H,1,12-13H2. The molecule has 0 radical (unpaired) electrons. The smallest absolute Gasteiger partial charge is 0.229 e. The fourth-order valence-electron chi connectivity index (χ4n) is 4.26. The molecule has 0 amide bonds. The molecule has 12 heteroatoms. The van der Waals surface area contributed by atoms with Crippen molar-refractivity contribution in [3.63, 3.8) is 0 Å². The van der Waals surface area contributed by atoms with E-state index in [4.69, 9.17) is 18.9 Å². The first kappa shape index (κ1) is 29.2. The molecule has 10 unspecified atom stereocenters. The molecule has 39 heavy (non-hydrogen) atoms. The van der Waals surface area contributed by atoms with Gasteiger partial charge in [-0.15, -0.1) is 0 Å². The Balaban J connectivity index is 1.38. The highest BCUT2D eigenvalue weighted by Crippen LogP contribution is 2.30. The first-order valence-corrected chi connectivity index (χ1v) is 12.4. The molecule has 0 aliphatic carbocycles. The number of hydrogen-bond donors (Lipinski definition) is 7. The Kier molecular flexibility index (Phi) is 9.80. The van der Waals surface area contributed by atoms with Crippen LogP contribution >= 0.6 is 0 Å². The summed E-state index contributed by atoms with van der Waals surface area (Å²) in [5.41, 5.74) is 2.55. The third-order valence-corrected chi connectivity index (χ3v) is 6.58. The summed E-state index contributed by atoms with van der Waals surface area (Å²) in [7, 11) is 0. The number of aliphatic imine (C=N–C) groups is 1. The van der Waals surface area contributed by atoms with Crippen LogP contribution in [-0.4, -0.2) is 117 Å². The topological polar surface area (TPSA) is 191 Å². The average Bonchev–Trinajstić information content (AvgIpc) is 2.96. The second kappa shape index (κ2) is 13.1. The summed E-state index contributed by atoms with van der Waals surface area (Å²) in [5, 5.41) is 70.7. The number of ether oxygens (including phenoxy) is 4. The van der Waals surface area contributed by atoms with Crippen LogP contribution in [0.3, 0.4) is 0 Å². The van der Waals surface area contributed by atoms with Gasteiger partial charge in [0, 0.05) is 6.21 Å². The fraction of sp³-hybridized carbons (Fsp3) is 0.444. The van der Waals surface area contributed by atoms with Crippen molar-refractivity contribution in [2.24, 2.45) is 4.99 Å². The van der Waals surface area contributed by atoms with E-state index in [1.807, 2.05) is 24.3 Å². The molecular weight excluding hydrogens is 514 g/mol. The van der Waals surface area contributed by atoms with Crippen LogP contribution in [0.1, 0.15) is 11.1 Å². The molecule has 2 aliphatic heterocycles. The normalized spacial score (nSPS) is 35.2. The van der Waals surface area contributed by atoms with Crippen molar-refractivity contribution in [2.75, 3.05) is 13.2 Å². The van der Waals surface area contributed by atoms with Gasteiger partial charge in [0.2, 0.25) is 6.29 Å². The Bertz CT molecular complexity index is 1090. The summed E-state index contributed by atoms with van der Waals surface area (Å²) in [6.45, 7) is 2.39. The number of hydrogen-bond acceptors (Lipinski definition) is 12. The highest BCUT2D eigenvalue weighted by molar-refractivity contribution is 5.82. The summed E-state index contributed by atoms with van der Waals surface area (Å²) in [4.78, 5) is 4.41. The SMILES string of the molecule is C=Cc1ccc(C=Nc2ccc(OC3OC(CO)C(OC4OC(CO)C(O)C(O)C4O)C(O)C3O)cc2)cc1. The molecule has 2 aliphatic rings. The summed E-state index contributed by atoms with van der Waals surface area (Å²) in [5.74, 6) is 0.297. The zero-order valence-electron chi connectivity index (χ0n) is 20.9. The van der Waals surface area contributed by atoms with Crippen molar-refractivity contribution < 1.29 is 54.7 Å². The zero-order chi connectivity index (χ0) is 28.1. The maximum atomic E-state index is 10.7. The van der Waals surface area contributed by atoms with Gasteiger partial charge in [-0.05, 0) is 35.4 Å². The number of aliphatic hydroxyl groups is 7. The molecule has 0 saturated carbocycles. The van der Waals surface area contributed by atoms with E-state index >= 15 is 0 Å². The average molecular weight is 548 g/mol. The molecule has 2 fully saturated rings. The van der Waals surface area contributed by atoms with E-state index in [-0.39, 0.29) is 0 Å². The van der Waals surface area contributed by atoms with Crippen molar-refractivity contribution in [3.05, 3.63) is 66.2 Å². The van der Waals surface area contributed by atoms with Gasteiger partial charge in [0.15, 0.2) is 6.29 Å². The van der Waals surface area contributed by atoms with Gasteiger partial charge in [-0.3, -0.25) is 4.99 Å². The minimum Gasteiger partial charge on any atom is -0.462 e. The molecule has 0 aromatic heterocycles. The molecule has 2 heterocycles. The Morgan fingerprint density at radius 3 is 1.92 bits per heavy atom. The Morgan fingerprint density at radius 2 is 1.31 bits per heavy atom. The van der Waals surface area contributed by atoms with Gasteiger partial charge in [0.05, 0.1) is 18.9 Å². The lowest BCUT2D eigenvalue weighted by Gasteiger charge is -2.45. The first-order valence-electron chi connectivity index (χ1n) is 12.4. The largest absolute Gasteiger partial charge is 0.462 e. The highest BCUT2D eigenvalue weighted by Gasteiger charge is 2.51. The summed E-state index contributed by atoms with van der Waals surface area (Å²) in [6, 6.07) is 14.2. The van der Waals surface area contributed by atoms with Crippen LogP contribution in [0.5, 0.6) is 5.75 Å². The van der Waals surface area contributed by atoms with Crippen LogP contribution < -0.4 is 4.74 Å². The molecule has 10 atom stereocenters. The van der Waals surface area contributed by atoms with Crippen molar-refractivity contribution in [1.82, 2.24) is 0 Å². The first-order chi connectivity index (χ1) is 18.7. The molecule has 4 rings (SSSR count). The fourth-order valence-corrected chi connectivity index (χ4v) is 4.26.